The van der Waals surface area contributed by atoms with Gasteiger partial charge < -0.3 is 28.6 Å². The van der Waals surface area contributed by atoms with Crippen LogP contribution in [0.1, 0.15) is 40.6 Å². The predicted molar refractivity (Wildman–Crippen MR) is 599 cm³/mol. The molecule has 0 fully saturated rings. The van der Waals surface area contributed by atoms with Gasteiger partial charge in [0.2, 0.25) is 11.7 Å². The van der Waals surface area contributed by atoms with E-state index in [-0.39, 0.29) is 57.2 Å². The Morgan fingerprint density at radius 3 is 1.11 bits per heavy atom. The first-order chi connectivity index (χ1) is 73.6. The van der Waals surface area contributed by atoms with E-state index in [2.05, 4.69) is 524 Å². The van der Waals surface area contributed by atoms with Gasteiger partial charge in [0.15, 0.2) is 22.8 Å². The van der Waals surface area contributed by atoms with Gasteiger partial charge in [-0.15, -0.1) is 9.98 Å². The van der Waals surface area contributed by atoms with Crippen LogP contribution in [0.15, 0.2) is 471 Å². The minimum absolute atomic E-state index is 0.0461. The van der Waals surface area contributed by atoms with E-state index in [0.29, 0.717) is 0 Å². The van der Waals surface area contributed by atoms with Crippen LogP contribution in [0.5, 0.6) is 0 Å². The second kappa shape index (κ2) is 37.9. The van der Waals surface area contributed by atoms with Crippen molar-refractivity contribution < 1.29 is 0 Å². The number of fused-ring (bicyclic) bond motifs is 17. The number of amidine groups is 1. The maximum absolute atomic E-state index is 9.32. The van der Waals surface area contributed by atoms with Crippen molar-refractivity contribution in [2.45, 2.75) is 12.1 Å². The first-order valence-electron chi connectivity index (χ1n) is 48.7. The van der Waals surface area contributed by atoms with Gasteiger partial charge in [-0.25, -0.2) is 19.9 Å². The average molecular weight is 1900 g/mol. The normalized spacial score (nSPS) is 12.7. The SMILES string of the molecule is [C-]#[N+]C1=NC2c3nc([N+]#[C-])c(C#N)nc3-c3nc(C#N)c(C#N)nc3C2N=C1C#N.c1ccc(-n2c(-c3ccc(-c4ccc5c(-c6ccc7ccccc7c6)c6ccccc6c(-c6ccc7ccccc7c6)c5c4)cc3)nc3ccccc32)cc1.c1ccc(N(c2ccc(-c3ccc(N(c4ccccc4)c4ccc5c(c4)c4ccccc4n5-c4ccccc4)cc3)cc2)c2ccc3c(c2)c2ccccc2n3-c2ccccc2)cc1. The predicted octanol–water partition coefficient (Wildman–Crippen LogP) is 32.3. The Bertz CT molecular complexity index is 9700. The van der Waals surface area contributed by atoms with Crippen LogP contribution in [0.4, 0.5) is 39.9 Å². The van der Waals surface area contributed by atoms with Crippen LogP contribution in [0, 0.1) is 58.5 Å². The molecule has 18 heteroatoms. The van der Waals surface area contributed by atoms with E-state index in [1.807, 2.05) is 0 Å². The van der Waals surface area contributed by atoms with Gasteiger partial charge >= 0.3 is 11.7 Å². The molecular formula is C131H78N18. The molecular weight excluding hydrogens is 1830 g/mol. The number of benzene rings is 20. The highest BCUT2D eigenvalue weighted by Gasteiger charge is 2.47. The summed E-state index contributed by atoms with van der Waals surface area (Å²) in [5.41, 5.74) is 26.9. The van der Waals surface area contributed by atoms with Crippen molar-refractivity contribution in [1.29, 1.82) is 21.0 Å². The fourth-order valence-corrected chi connectivity index (χ4v) is 21.2. The molecule has 1 aliphatic carbocycles. The number of rotatable bonds is 14. The largest absolute Gasteiger partial charge is 0.359 e. The molecule has 25 aromatic rings. The van der Waals surface area contributed by atoms with E-state index >= 15 is 0 Å². The van der Waals surface area contributed by atoms with Crippen molar-refractivity contribution in [3.63, 3.8) is 0 Å². The van der Waals surface area contributed by atoms with Crippen molar-refractivity contribution in [3.05, 3.63) is 512 Å². The van der Waals surface area contributed by atoms with Crippen LogP contribution in [0.2, 0.25) is 0 Å². The number of aromatic nitrogens is 8. The van der Waals surface area contributed by atoms with Gasteiger partial charge in [-0.2, -0.15) is 21.0 Å². The molecule has 2 unspecified atom stereocenters. The molecule has 0 N–H and O–H groups in total. The summed E-state index contributed by atoms with van der Waals surface area (Å²) in [6.07, 6.45) is 0. The topological polar surface area (TPSA) is 214 Å². The van der Waals surface area contributed by atoms with Crippen LogP contribution in [0.3, 0.4) is 0 Å². The van der Waals surface area contributed by atoms with Gasteiger partial charge in [0, 0.05) is 78.3 Å². The number of anilines is 6. The molecule has 6 heterocycles. The Morgan fingerprint density at radius 1 is 0.248 bits per heavy atom. The van der Waals surface area contributed by atoms with Crippen molar-refractivity contribution in [2.24, 2.45) is 9.98 Å². The standard InChI is InChI=1S/C60H42N4.C53H34N2.C18H2N12/c1-5-17-45(18-6-1)61(51-37-39-59-55(41-51)53-25-13-15-27-57(53)63(59)47-21-9-3-10-22-47)49-33-29-43(30-34-49)44-31-35-50(36-32-44)62(46-19-7-2-8-20-46)52-38-40-60-56(42-52)54-26-14-16-28-58(54)64(60)48-23-11-4-12-24-48;1-2-16-44(17-3-1)55-50-21-11-10-20-49(50)54-53(55)38-26-22-37(23-27-38)41-30-31-47-48(34-41)52(43-29-25-36-13-5-7-15-40(36)33-43)46-19-9-8-18-45(46)51(47)42-28-24-35-12-4-6-14-39(35)32-42;1-23-17-9(5-21)27-13-11-12(26-8(4-20)7(3-19)25-11)14-16(15(13)29-17)30-18(24-2)10(6-22)28-14/h1-42H;1-34H;13,15H. The van der Waals surface area contributed by atoms with Gasteiger partial charge in [-0.3, -0.25) is 9.56 Å². The van der Waals surface area contributed by atoms with Crippen LogP contribution >= 0.6 is 0 Å². The van der Waals surface area contributed by atoms with Gasteiger partial charge in [-0.1, -0.05) is 310 Å². The highest BCUT2D eigenvalue weighted by atomic mass is 15.2. The Hall–Kier alpha value is -21.5. The molecule has 27 rings (SSSR count). The molecule has 18 nitrogen and oxygen atoms in total. The summed E-state index contributed by atoms with van der Waals surface area (Å²) in [4.78, 5) is 41.4. The minimum atomic E-state index is -0.971. The third kappa shape index (κ3) is 15.9. The smallest absolute Gasteiger partial charge is 0.306 e. The third-order valence-electron chi connectivity index (χ3n) is 27.9. The van der Waals surface area contributed by atoms with Crippen molar-refractivity contribution in [3.8, 4) is 109 Å². The average Bonchev–Trinajstić information content (AvgIpc) is 1.72. The number of para-hydroxylation sites is 9. The molecule has 0 radical (unpaired) electrons. The lowest BCUT2D eigenvalue weighted by atomic mass is 9.84. The van der Waals surface area contributed by atoms with Gasteiger partial charge in [0.25, 0.3) is 0 Å². The Kier molecular flexibility index (Phi) is 22.6. The molecule has 692 valence electrons. The quantitative estimate of drug-likeness (QED) is 0.0737. The number of nitrogens with zero attached hydrogens (tertiary/aromatic N) is 18. The Labute approximate surface area is 856 Å². The van der Waals surface area contributed by atoms with E-state index in [0.717, 1.165) is 90.3 Å². The lowest BCUT2D eigenvalue weighted by Crippen LogP contribution is -2.28. The van der Waals surface area contributed by atoms with E-state index in [1.54, 1.807) is 24.3 Å². The molecule has 2 aliphatic rings. The second-order valence-corrected chi connectivity index (χ2v) is 36.3. The highest BCUT2D eigenvalue weighted by molar-refractivity contribution is 6.51. The molecule has 0 saturated heterocycles. The number of aliphatic imine (C=N–C) groups is 2. The number of hydrogen-bond donors (Lipinski definition) is 0. The molecule has 0 amide bonds. The zero-order valence-electron chi connectivity index (χ0n) is 79.6. The fraction of sp³-hybridized carbons (Fsp3) is 0.0153. The maximum Gasteiger partial charge on any atom is 0.306 e. The molecule has 5 aromatic heterocycles. The summed E-state index contributed by atoms with van der Waals surface area (Å²) >= 11 is 0. The number of hydrogen-bond acceptors (Lipinski definition) is 13. The fourth-order valence-electron chi connectivity index (χ4n) is 21.2. The number of imidazole rings is 1. The van der Waals surface area contributed by atoms with Crippen LogP contribution in [-0.4, -0.2) is 50.2 Å². The van der Waals surface area contributed by atoms with Crippen molar-refractivity contribution >= 4 is 149 Å². The lowest BCUT2D eigenvalue weighted by Gasteiger charge is -2.26. The summed E-state index contributed by atoms with van der Waals surface area (Å²) < 4.78 is 6.99. The minimum Gasteiger partial charge on any atom is -0.359 e. The Morgan fingerprint density at radius 2 is 0.617 bits per heavy atom. The zero-order valence-corrected chi connectivity index (χ0v) is 79.6. The van der Waals surface area contributed by atoms with E-state index in [1.165, 1.54) is 115 Å². The molecule has 20 aromatic carbocycles. The first-order valence-corrected chi connectivity index (χ1v) is 48.7. The second-order valence-electron chi connectivity index (χ2n) is 36.3. The van der Waals surface area contributed by atoms with Crippen molar-refractivity contribution in [2.75, 3.05) is 9.80 Å². The maximum atomic E-state index is 9.32. The van der Waals surface area contributed by atoms with Gasteiger partial charge in [0.05, 0.1) is 38.8 Å². The van der Waals surface area contributed by atoms with E-state index < -0.39 is 12.1 Å². The molecule has 0 bridgehead atoms. The van der Waals surface area contributed by atoms with Crippen LogP contribution < -0.4 is 9.80 Å². The molecule has 0 saturated carbocycles. The van der Waals surface area contributed by atoms with Crippen LogP contribution in [-0.2, 0) is 0 Å². The molecule has 2 atom stereocenters. The highest BCUT2D eigenvalue weighted by Crippen LogP contribution is 2.52. The monoisotopic (exact) mass is 1900 g/mol. The van der Waals surface area contributed by atoms with Gasteiger partial charge in [0.1, 0.15) is 47.5 Å². The Balaban J connectivity index is 0.000000123. The lowest BCUT2D eigenvalue weighted by molar-refractivity contribution is 0.536. The first kappa shape index (κ1) is 88.9. The van der Waals surface area contributed by atoms with Crippen molar-refractivity contribution in [1.82, 2.24) is 38.6 Å². The third-order valence-corrected chi connectivity index (χ3v) is 27.9. The summed E-state index contributed by atoms with van der Waals surface area (Å²) in [6.45, 7) is 14.5. The summed E-state index contributed by atoms with van der Waals surface area (Å²) in [7, 11) is 0. The van der Waals surface area contributed by atoms with E-state index in [4.69, 9.17) is 18.1 Å². The molecule has 149 heavy (non-hydrogen) atoms. The molecule has 0 spiro atoms. The summed E-state index contributed by atoms with van der Waals surface area (Å²) in [6, 6.07) is 172. The number of nitriles is 4. The summed E-state index contributed by atoms with van der Waals surface area (Å²) in [5.74, 6) is 0.420. The van der Waals surface area contributed by atoms with Gasteiger partial charge in [-0.05, 0) is 251 Å². The molecule has 1 aliphatic heterocycles. The summed E-state index contributed by atoms with van der Waals surface area (Å²) in [5, 5.41) is 52.1. The van der Waals surface area contributed by atoms with E-state index in [9.17, 15) is 21.0 Å². The van der Waals surface area contributed by atoms with Crippen LogP contribution in [0.25, 0.3) is 192 Å². The zero-order chi connectivity index (χ0) is 100.